The van der Waals surface area contributed by atoms with E-state index < -0.39 is 28.1 Å². The SMILES string of the molecule is CC[C@H]1C=C(C(=O)O)[C@@H](c2cccc(Cl)c2)N1S(=O)(=O)c1ccc(C)cc1. The summed E-state index contributed by atoms with van der Waals surface area (Å²) in [6.45, 7) is 3.71. The number of carbonyl (C=O) groups is 1. The maximum Gasteiger partial charge on any atom is 0.333 e. The van der Waals surface area contributed by atoms with Crippen LogP contribution in [0.15, 0.2) is 65.1 Å². The first-order valence-corrected chi connectivity index (χ1v) is 10.4. The monoisotopic (exact) mass is 405 g/mol. The van der Waals surface area contributed by atoms with Gasteiger partial charge in [0.1, 0.15) is 0 Å². The van der Waals surface area contributed by atoms with E-state index >= 15 is 0 Å². The molecule has 27 heavy (non-hydrogen) atoms. The van der Waals surface area contributed by atoms with Crippen LogP contribution in [-0.4, -0.2) is 29.8 Å². The highest BCUT2D eigenvalue weighted by molar-refractivity contribution is 7.89. The number of hydrogen-bond donors (Lipinski definition) is 1. The molecule has 3 rings (SSSR count). The molecule has 0 spiro atoms. The third kappa shape index (κ3) is 3.65. The number of aryl methyl sites for hydroxylation is 1. The van der Waals surface area contributed by atoms with E-state index in [0.717, 1.165) is 5.56 Å². The van der Waals surface area contributed by atoms with Gasteiger partial charge in [0.05, 0.1) is 16.5 Å². The molecule has 2 aromatic rings. The van der Waals surface area contributed by atoms with E-state index in [1.54, 1.807) is 48.5 Å². The van der Waals surface area contributed by atoms with Crippen molar-refractivity contribution in [3.05, 3.63) is 76.3 Å². The summed E-state index contributed by atoms with van der Waals surface area (Å²) in [6, 6.07) is 11.7. The molecule has 0 radical (unpaired) electrons. The second-order valence-electron chi connectivity index (χ2n) is 6.51. The third-order valence-corrected chi connectivity index (χ3v) is 6.81. The maximum absolute atomic E-state index is 13.4. The molecule has 0 unspecified atom stereocenters. The van der Waals surface area contributed by atoms with Gasteiger partial charge in [-0.25, -0.2) is 13.2 Å². The predicted molar refractivity (Wildman–Crippen MR) is 104 cm³/mol. The molecule has 0 saturated carbocycles. The number of aliphatic carboxylic acids is 1. The van der Waals surface area contributed by atoms with Crippen LogP contribution in [0.4, 0.5) is 0 Å². The Hall–Kier alpha value is -2.15. The summed E-state index contributed by atoms with van der Waals surface area (Å²) in [5, 5.41) is 10.1. The van der Waals surface area contributed by atoms with Crippen molar-refractivity contribution in [2.75, 3.05) is 0 Å². The second kappa shape index (κ2) is 7.46. The molecule has 2 atom stereocenters. The van der Waals surface area contributed by atoms with Crippen LogP contribution in [0.25, 0.3) is 0 Å². The molecule has 0 fully saturated rings. The number of carboxylic acids is 1. The summed E-state index contributed by atoms with van der Waals surface area (Å²) in [5.74, 6) is -1.14. The Bertz CT molecular complexity index is 999. The average Bonchev–Trinajstić information content (AvgIpc) is 3.03. The van der Waals surface area contributed by atoms with E-state index in [1.165, 1.54) is 10.4 Å². The zero-order valence-corrected chi connectivity index (χ0v) is 16.5. The smallest absolute Gasteiger partial charge is 0.333 e. The van der Waals surface area contributed by atoms with E-state index in [2.05, 4.69) is 0 Å². The summed E-state index contributed by atoms with van der Waals surface area (Å²) in [6.07, 6.45) is 1.98. The molecule has 0 aromatic heterocycles. The fraction of sp³-hybridized carbons (Fsp3) is 0.250. The van der Waals surface area contributed by atoms with E-state index in [-0.39, 0.29) is 10.5 Å². The summed E-state index contributed by atoms with van der Waals surface area (Å²) in [7, 11) is -3.92. The Morgan fingerprint density at radius 2 is 1.85 bits per heavy atom. The first kappa shape index (κ1) is 19.6. The molecule has 1 aliphatic rings. The average molecular weight is 406 g/mol. The first-order chi connectivity index (χ1) is 12.8. The van der Waals surface area contributed by atoms with Crippen LogP contribution in [0.1, 0.15) is 30.5 Å². The minimum Gasteiger partial charge on any atom is -0.478 e. The number of carboxylic acid groups (broad SMARTS) is 1. The molecule has 1 heterocycles. The van der Waals surface area contributed by atoms with Gasteiger partial charge in [0, 0.05) is 11.1 Å². The fourth-order valence-electron chi connectivity index (χ4n) is 3.34. The van der Waals surface area contributed by atoms with Gasteiger partial charge in [0.15, 0.2) is 0 Å². The summed E-state index contributed by atoms with van der Waals surface area (Å²) in [4.78, 5) is 12.0. The van der Waals surface area contributed by atoms with Gasteiger partial charge in [0.25, 0.3) is 0 Å². The largest absolute Gasteiger partial charge is 0.478 e. The molecule has 5 nitrogen and oxygen atoms in total. The standard InChI is InChI=1S/C20H20ClNO4S/c1-3-16-12-18(20(23)24)19(14-5-4-6-15(21)11-14)22(16)27(25,26)17-9-7-13(2)8-10-17/h4-12,16,19H,3H2,1-2H3,(H,23,24)/t16-,19+/m0/s1. The van der Waals surface area contributed by atoms with Crippen LogP contribution in [0.3, 0.4) is 0 Å². The van der Waals surface area contributed by atoms with Crippen LogP contribution < -0.4 is 0 Å². The summed E-state index contributed by atoms with van der Waals surface area (Å²) < 4.78 is 28.1. The Balaban J connectivity index is 2.18. The molecular formula is C20H20ClNO4S. The third-order valence-electron chi connectivity index (χ3n) is 4.67. The number of benzene rings is 2. The fourth-order valence-corrected chi connectivity index (χ4v) is 5.34. The minimum absolute atomic E-state index is 0.0415. The van der Waals surface area contributed by atoms with Crippen molar-refractivity contribution < 1.29 is 18.3 Å². The lowest BCUT2D eigenvalue weighted by atomic mass is 10.0. The van der Waals surface area contributed by atoms with Crippen LogP contribution in [0, 0.1) is 6.92 Å². The molecule has 0 bridgehead atoms. The van der Waals surface area contributed by atoms with Gasteiger partial charge in [-0.1, -0.05) is 54.4 Å². The molecular weight excluding hydrogens is 386 g/mol. The van der Waals surface area contributed by atoms with Gasteiger partial charge in [-0.3, -0.25) is 0 Å². The second-order valence-corrected chi connectivity index (χ2v) is 8.79. The van der Waals surface area contributed by atoms with Crippen LogP contribution in [-0.2, 0) is 14.8 Å². The Morgan fingerprint density at radius 1 is 1.19 bits per heavy atom. The molecule has 142 valence electrons. The van der Waals surface area contributed by atoms with Gasteiger partial charge in [-0.05, 0) is 43.2 Å². The molecule has 1 N–H and O–H groups in total. The Kier molecular flexibility index (Phi) is 5.42. The lowest BCUT2D eigenvalue weighted by Crippen LogP contribution is -2.38. The number of halogens is 1. The highest BCUT2D eigenvalue weighted by Gasteiger charge is 2.45. The van der Waals surface area contributed by atoms with E-state index in [0.29, 0.717) is 17.0 Å². The maximum atomic E-state index is 13.4. The van der Waals surface area contributed by atoms with E-state index in [4.69, 9.17) is 11.6 Å². The van der Waals surface area contributed by atoms with Crippen molar-refractivity contribution in [1.82, 2.24) is 4.31 Å². The number of nitrogens with zero attached hydrogens (tertiary/aromatic N) is 1. The molecule has 0 saturated heterocycles. The van der Waals surface area contributed by atoms with Gasteiger partial charge in [0.2, 0.25) is 10.0 Å². The van der Waals surface area contributed by atoms with Crippen LogP contribution >= 0.6 is 11.6 Å². The molecule has 2 aromatic carbocycles. The number of rotatable bonds is 5. The van der Waals surface area contributed by atoms with Crippen molar-refractivity contribution in [2.24, 2.45) is 0 Å². The molecule has 1 aliphatic heterocycles. The van der Waals surface area contributed by atoms with Crippen molar-refractivity contribution in [3.63, 3.8) is 0 Å². The van der Waals surface area contributed by atoms with Crippen molar-refractivity contribution in [1.29, 1.82) is 0 Å². The molecule has 7 heteroatoms. The van der Waals surface area contributed by atoms with Gasteiger partial charge >= 0.3 is 5.97 Å². The Labute approximate surface area is 163 Å². The van der Waals surface area contributed by atoms with E-state index in [1.807, 2.05) is 13.8 Å². The normalized spacial score (nSPS) is 20.5. The highest BCUT2D eigenvalue weighted by Crippen LogP contribution is 2.42. The minimum atomic E-state index is -3.92. The van der Waals surface area contributed by atoms with Crippen molar-refractivity contribution in [2.45, 2.75) is 37.2 Å². The lowest BCUT2D eigenvalue weighted by molar-refractivity contribution is -0.133. The molecule has 0 aliphatic carbocycles. The summed E-state index contributed by atoms with van der Waals surface area (Å²) >= 11 is 6.08. The molecule has 0 amide bonds. The number of sulfonamides is 1. The summed E-state index contributed by atoms with van der Waals surface area (Å²) in [5.41, 5.74) is 1.51. The zero-order chi connectivity index (χ0) is 19.8. The van der Waals surface area contributed by atoms with Gasteiger partial charge < -0.3 is 5.11 Å². The van der Waals surface area contributed by atoms with Gasteiger partial charge in [-0.15, -0.1) is 0 Å². The quantitative estimate of drug-likeness (QED) is 0.809. The van der Waals surface area contributed by atoms with Crippen LogP contribution in [0.5, 0.6) is 0 Å². The first-order valence-electron chi connectivity index (χ1n) is 8.56. The highest BCUT2D eigenvalue weighted by atomic mass is 35.5. The van der Waals surface area contributed by atoms with E-state index in [9.17, 15) is 18.3 Å². The van der Waals surface area contributed by atoms with Crippen molar-refractivity contribution in [3.8, 4) is 0 Å². The van der Waals surface area contributed by atoms with Gasteiger partial charge in [-0.2, -0.15) is 4.31 Å². The number of hydrogen-bond acceptors (Lipinski definition) is 3. The topological polar surface area (TPSA) is 74.7 Å². The van der Waals surface area contributed by atoms with Crippen molar-refractivity contribution >= 4 is 27.6 Å². The predicted octanol–water partition coefficient (Wildman–Crippen LogP) is 4.18. The van der Waals surface area contributed by atoms with Crippen LogP contribution in [0.2, 0.25) is 5.02 Å². The Morgan fingerprint density at radius 3 is 2.41 bits per heavy atom. The lowest BCUT2D eigenvalue weighted by Gasteiger charge is -2.30. The zero-order valence-electron chi connectivity index (χ0n) is 15.0.